The predicted octanol–water partition coefficient (Wildman–Crippen LogP) is 3.96. The molecule has 0 N–H and O–H groups in total. The molecule has 1 saturated heterocycles. The molecule has 1 amide bonds. The third-order valence-corrected chi connectivity index (χ3v) is 4.65. The van der Waals surface area contributed by atoms with Crippen molar-refractivity contribution in [3.63, 3.8) is 0 Å². The van der Waals surface area contributed by atoms with Crippen molar-refractivity contribution < 1.29 is 13.7 Å². The van der Waals surface area contributed by atoms with E-state index in [1.807, 2.05) is 18.2 Å². The molecular formula is C20H18FN3O2. The highest BCUT2D eigenvalue weighted by Gasteiger charge is 2.34. The van der Waals surface area contributed by atoms with E-state index in [9.17, 15) is 9.18 Å². The lowest BCUT2D eigenvalue weighted by molar-refractivity contribution is -0.117. The summed E-state index contributed by atoms with van der Waals surface area (Å²) in [5.74, 6) is 0.452. The number of carbonyl (C=O) groups is 1. The molecule has 1 fully saturated rings. The summed E-state index contributed by atoms with van der Waals surface area (Å²) in [6, 6.07) is 13.9. The molecule has 1 aliphatic rings. The van der Waals surface area contributed by atoms with Gasteiger partial charge >= 0.3 is 0 Å². The summed E-state index contributed by atoms with van der Waals surface area (Å²) >= 11 is 0. The van der Waals surface area contributed by atoms with Crippen LogP contribution in [0.3, 0.4) is 0 Å². The fraction of sp³-hybridized carbons (Fsp3) is 0.250. The van der Waals surface area contributed by atoms with E-state index in [2.05, 4.69) is 23.1 Å². The maximum absolute atomic E-state index is 13.0. The van der Waals surface area contributed by atoms with Gasteiger partial charge in [0.25, 0.3) is 5.89 Å². The van der Waals surface area contributed by atoms with Crippen LogP contribution in [0.1, 0.15) is 30.7 Å². The molecule has 1 atom stereocenters. The molecule has 3 aromatic rings. The topological polar surface area (TPSA) is 59.2 Å². The van der Waals surface area contributed by atoms with Crippen molar-refractivity contribution in [2.24, 2.45) is 0 Å². The normalized spacial score (nSPS) is 17.1. The highest BCUT2D eigenvalue weighted by molar-refractivity contribution is 5.96. The second-order valence-corrected chi connectivity index (χ2v) is 6.39. The quantitative estimate of drug-likeness (QED) is 0.714. The van der Waals surface area contributed by atoms with Crippen molar-refractivity contribution in [3.8, 4) is 11.5 Å². The zero-order chi connectivity index (χ0) is 18.1. The van der Waals surface area contributed by atoms with Gasteiger partial charge in [0, 0.05) is 30.1 Å². The van der Waals surface area contributed by atoms with E-state index < -0.39 is 0 Å². The van der Waals surface area contributed by atoms with Gasteiger partial charge in [-0.3, -0.25) is 4.79 Å². The zero-order valence-electron chi connectivity index (χ0n) is 14.4. The van der Waals surface area contributed by atoms with Crippen LogP contribution in [0.2, 0.25) is 0 Å². The Morgan fingerprint density at radius 3 is 2.81 bits per heavy atom. The number of halogens is 1. The summed E-state index contributed by atoms with van der Waals surface area (Å²) < 4.78 is 18.3. The SMILES string of the molecule is CCc1cccc(N2CC(c3noc(-c4ccc(F)cc4)n3)CC2=O)c1. The Kier molecular flexibility index (Phi) is 4.24. The van der Waals surface area contributed by atoms with E-state index in [1.165, 1.54) is 17.7 Å². The first kappa shape index (κ1) is 16.4. The largest absolute Gasteiger partial charge is 0.334 e. The van der Waals surface area contributed by atoms with E-state index in [4.69, 9.17) is 4.52 Å². The van der Waals surface area contributed by atoms with Crippen molar-refractivity contribution in [1.82, 2.24) is 10.1 Å². The van der Waals surface area contributed by atoms with Crippen LogP contribution in [0.15, 0.2) is 53.1 Å². The Labute approximate surface area is 150 Å². The zero-order valence-corrected chi connectivity index (χ0v) is 14.4. The number of hydrogen-bond acceptors (Lipinski definition) is 4. The van der Waals surface area contributed by atoms with Crippen LogP contribution in [0.25, 0.3) is 11.5 Å². The Hall–Kier alpha value is -3.02. The third kappa shape index (κ3) is 3.10. The maximum Gasteiger partial charge on any atom is 0.257 e. The minimum Gasteiger partial charge on any atom is -0.334 e. The first-order chi connectivity index (χ1) is 12.6. The summed E-state index contributed by atoms with van der Waals surface area (Å²) in [5.41, 5.74) is 2.75. The third-order valence-electron chi connectivity index (χ3n) is 4.65. The molecule has 4 rings (SSSR count). The monoisotopic (exact) mass is 351 g/mol. The lowest BCUT2D eigenvalue weighted by atomic mass is 10.1. The number of nitrogens with zero attached hydrogens (tertiary/aromatic N) is 3. The second-order valence-electron chi connectivity index (χ2n) is 6.39. The second kappa shape index (κ2) is 6.71. The van der Waals surface area contributed by atoms with Gasteiger partial charge in [0.05, 0.1) is 0 Å². The van der Waals surface area contributed by atoms with Crippen LogP contribution < -0.4 is 4.90 Å². The lowest BCUT2D eigenvalue weighted by Gasteiger charge is -2.17. The summed E-state index contributed by atoms with van der Waals surface area (Å²) in [5, 5.41) is 4.03. The Bertz CT molecular complexity index is 936. The molecule has 0 aliphatic carbocycles. The maximum atomic E-state index is 13.0. The fourth-order valence-corrected chi connectivity index (χ4v) is 3.18. The molecule has 5 nitrogen and oxygen atoms in total. The molecule has 132 valence electrons. The average Bonchev–Trinajstić information content (AvgIpc) is 3.29. The van der Waals surface area contributed by atoms with E-state index in [0.717, 1.165) is 12.1 Å². The first-order valence-electron chi connectivity index (χ1n) is 8.63. The molecule has 0 saturated carbocycles. The van der Waals surface area contributed by atoms with Gasteiger partial charge in [-0.25, -0.2) is 4.39 Å². The number of benzene rings is 2. The van der Waals surface area contributed by atoms with Crippen molar-refractivity contribution in [2.45, 2.75) is 25.7 Å². The number of aryl methyl sites for hydroxylation is 1. The predicted molar refractivity (Wildman–Crippen MR) is 95.2 cm³/mol. The minimum atomic E-state index is -0.320. The van der Waals surface area contributed by atoms with Gasteiger partial charge in [0.2, 0.25) is 5.91 Å². The molecule has 1 unspecified atom stereocenters. The number of hydrogen-bond donors (Lipinski definition) is 0. The van der Waals surface area contributed by atoms with Crippen LogP contribution in [0.4, 0.5) is 10.1 Å². The summed E-state index contributed by atoms with van der Waals surface area (Å²) in [6.07, 6.45) is 1.27. The van der Waals surface area contributed by atoms with Gasteiger partial charge in [-0.15, -0.1) is 0 Å². The Balaban J connectivity index is 1.54. The highest BCUT2D eigenvalue weighted by Crippen LogP contribution is 2.32. The van der Waals surface area contributed by atoms with Crippen LogP contribution >= 0.6 is 0 Å². The lowest BCUT2D eigenvalue weighted by Crippen LogP contribution is -2.24. The van der Waals surface area contributed by atoms with Crippen LogP contribution in [-0.4, -0.2) is 22.6 Å². The molecule has 26 heavy (non-hydrogen) atoms. The fourth-order valence-electron chi connectivity index (χ4n) is 3.18. The highest BCUT2D eigenvalue weighted by atomic mass is 19.1. The Morgan fingerprint density at radius 1 is 1.23 bits per heavy atom. The van der Waals surface area contributed by atoms with E-state index in [0.29, 0.717) is 30.2 Å². The van der Waals surface area contributed by atoms with Gasteiger partial charge < -0.3 is 9.42 Å². The van der Waals surface area contributed by atoms with Crippen molar-refractivity contribution in [3.05, 3.63) is 65.7 Å². The summed E-state index contributed by atoms with van der Waals surface area (Å²) in [4.78, 5) is 18.7. The number of aromatic nitrogens is 2. The molecule has 0 radical (unpaired) electrons. The smallest absolute Gasteiger partial charge is 0.257 e. The number of anilines is 1. The van der Waals surface area contributed by atoms with Gasteiger partial charge in [-0.2, -0.15) is 4.98 Å². The van der Waals surface area contributed by atoms with Gasteiger partial charge in [-0.05, 0) is 48.4 Å². The van der Waals surface area contributed by atoms with Crippen molar-refractivity contribution in [2.75, 3.05) is 11.4 Å². The van der Waals surface area contributed by atoms with Crippen molar-refractivity contribution >= 4 is 11.6 Å². The number of rotatable bonds is 4. The summed E-state index contributed by atoms with van der Waals surface area (Å²) in [6.45, 7) is 2.61. The van der Waals surface area contributed by atoms with Crippen LogP contribution in [-0.2, 0) is 11.2 Å². The molecule has 0 bridgehead atoms. The van der Waals surface area contributed by atoms with Gasteiger partial charge in [0.15, 0.2) is 5.82 Å². The molecule has 2 heterocycles. The van der Waals surface area contributed by atoms with Gasteiger partial charge in [0.1, 0.15) is 5.82 Å². The molecule has 2 aromatic carbocycles. The first-order valence-corrected chi connectivity index (χ1v) is 8.63. The van der Waals surface area contributed by atoms with Gasteiger partial charge in [-0.1, -0.05) is 24.2 Å². The molecule has 1 aliphatic heterocycles. The molecule has 1 aromatic heterocycles. The van der Waals surface area contributed by atoms with E-state index >= 15 is 0 Å². The standard InChI is InChI=1S/C20H18FN3O2/c1-2-13-4-3-5-17(10-13)24-12-15(11-18(24)25)19-22-20(26-23-19)14-6-8-16(21)9-7-14/h3-10,15H,2,11-12H2,1H3. The van der Waals surface area contributed by atoms with Crippen molar-refractivity contribution in [1.29, 1.82) is 0 Å². The van der Waals surface area contributed by atoms with E-state index in [1.54, 1.807) is 17.0 Å². The summed E-state index contributed by atoms with van der Waals surface area (Å²) in [7, 11) is 0. The van der Waals surface area contributed by atoms with Crippen LogP contribution in [0, 0.1) is 5.82 Å². The minimum absolute atomic E-state index is 0.0522. The van der Waals surface area contributed by atoms with E-state index in [-0.39, 0.29) is 17.6 Å². The molecule has 6 heteroatoms. The average molecular weight is 351 g/mol. The number of carbonyl (C=O) groups excluding carboxylic acids is 1. The molecule has 0 spiro atoms. The molecular weight excluding hydrogens is 333 g/mol. The number of amides is 1. The van der Waals surface area contributed by atoms with Crippen LogP contribution in [0.5, 0.6) is 0 Å². The Morgan fingerprint density at radius 2 is 2.04 bits per heavy atom.